The van der Waals surface area contributed by atoms with Crippen molar-refractivity contribution in [2.45, 2.75) is 19.6 Å². The Kier molecular flexibility index (Phi) is 4.37. The predicted octanol–water partition coefficient (Wildman–Crippen LogP) is 2.39. The van der Waals surface area contributed by atoms with Crippen LogP contribution >= 0.6 is 0 Å². The Morgan fingerprint density at radius 1 is 1.00 bits per heavy atom. The number of benzene rings is 1. The average Bonchev–Trinajstić information content (AvgIpc) is 2.46. The quantitative estimate of drug-likeness (QED) is 0.817. The molecule has 116 valence electrons. The van der Waals surface area contributed by atoms with Crippen LogP contribution in [0.2, 0.25) is 19.6 Å². The highest BCUT2D eigenvalue weighted by molar-refractivity contribution is 6.81. The first-order chi connectivity index (χ1) is 10.2. The maximum Gasteiger partial charge on any atom is 0.330 e. The first-order valence-electron chi connectivity index (χ1n) is 7.26. The molecule has 0 saturated carbocycles. The number of hydrogen-bond donors (Lipinski definition) is 0. The monoisotopic (exact) mass is 314 g/mol. The second kappa shape index (κ2) is 5.92. The Balaban J connectivity index is 2.81. The van der Waals surface area contributed by atoms with E-state index in [0.717, 1.165) is 15.7 Å². The Morgan fingerprint density at radius 2 is 1.59 bits per heavy atom. The second-order valence-corrected chi connectivity index (χ2v) is 11.6. The highest BCUT2D eigenvalue weighted by Gasteiger charge is 2.17. The van der Waals surface area contributed by atoms with Crippen LogP contribution < -0.4 is 11.2 Å². The third kappa shape index (κ3) is 3.36. The van der Waals surface area contributed by atoms with E-state index in [4.69, 9.17) is 0 Å². The number of nitrogens with zero attached hydrogens (tertiary/aromatic N) is 2. The van der Waals surface area contributed by atoms with Crippen molar-refractivity contribution >= 4 is 13.6 Å². The minimum Gasteiger partial charge on any atom is -0.296 e. The highest BCUT2D eigenvalue weighted by Crippen LogP contribution is 2.24. The van der Waals surface area contributed by atoms with Gasteiger partial charge < -0.3 is 0 Å². The van der Waals surface area contributed by atoms with Crippen LogP contribution in [0, 0.1) is 0 Å². The molecule has 0 spiro atoms. The summed E-state index contributed by atoms with van der Waals surface area (Å²) in [7, 11) is 1.66. The molecule has 0 N–H and O–H groups in total. The van der Waals surface area contributed by atoms with Crippen LogP contribution in [0.15, 0.2) is 51.7 Å². The van der Waals surface area contributed by atoms with E-state index in [9.17, 15) is 9.59 Å². The molecule has 5 heteroatoms. The van der Waals surface area contributed by atoms with E-state index in [0.29, 0.717) is 5.69 Å². The van der Waals surface area contributed by atoms with Gasteiger partial charge >= 0.3 is 5.69 Å². The average molecular weight is 314 g/mol. The van der Waals surface area contributed by atoms with Crippen LogP contribution in [0.3, 0.4) is 0 Å². The molecular formula is C17H22N2O2Si. The highest BCUT2D eigenvalue weighted by atomic mass is 28.3. The normalized spacial score (nSPS) is 12.5. The minimum atomic E-state index is -1.54. The molecule has 1 aromatic heterocycles. The molecule has 2 rings (SSSR count). The molecule has 2 aromatic rings. The summed E-state index contributed by atoms with van der Waals surface area (Å²) < 4.78 is 2.67. The third-order valence-electron chi connectivity index (χ3n) is 3.46. The minimum absolute atomic E-state index is 0.282. The van der Waals surface area contributed by atoms with Gasteiger partial charge in [0.25, 0.3) is 5.56 Å². The van der Waals surface area contributed by atoms with Gasteiger partial charge in [0, 0.05) is 20.2 Å². The molecule has 22 heavy (non-hydrogen) atoms. The standard InChI is InChI=1S/C17H22N2O2Si/c1-18-15(11-16(20)19(2)17(18)21)14(12-22(3,4)5)13-9-7-6-8-10-13/h6-12H,1-5H3/b14-12+. The van der Waals surface area contributed by atoms with Crippen molar-refractivity contribution < 1.29 is 0 Å². The molecule has 0 radical (unpaired) electrons. The van der Waals surface area contributed by atoms with Gasteiger partial charge in [-0.2, -0.15) is 0 Å². The molecule has 0 aliphatic heterocycles. The molecule has 0 aliphatic rings. The summed E-state index contributed by atoms with van der Waals surface area (Å²) in [6.07, 6.45) is 0. The van der Waals surface area contributed by atoms with E-state index in [1.807, 2.05) is 30.3 Å². The fourth-order valence-corrected chi connectivity index (χ4v) is 3.53. The topological polar surface area (TPSA) is 44.0 Å². The van der Waals surface area contributed by atoms with E-state index in [2.05, 4.69) is 25.3 Å². The Morgan fingerprint density at radius 3 is 2.14 bits per heavy atom. The van der Waals surface area contributed by atoms with Gasteiger partial charge in [-0.05, 0) is 11.1 Å². The van der Waals surface area contributed by atoms with Crippen LogP contribution in [-0.2, 0) is 14.1 Å². The van der Waals surface area contributed by atoms with Crippen LogP contribution in [0.5, 0.6) is 0 Å². The van der Waals surface area contributed by atoms with Crippen molar-refractivity contribution in [1.29, 1.82) is 0 Å². The summed E-state index contributed by atoms with van der Waals surface area (Å²) in [5, 5.41) is 0. The van der Waals surface area contributed by atoms with Gasteiger partial charge in [0.05, 0.1) is 13.8 Å². The van der Waals surface area contributed by atoms with Gasteiger partial charge in [-0.1, -0.05) is 55.7 Å². The number of hydrogen-bond acceptors (Lipinski definition) is 2. The summed E-state index contributed by atoms with van der Waals surface area (Å²) in [5.74, 6) is 0. The molecule has 4 nitrogen and oxygen atoms in total. The smallest absolute Gasteiger partial charge is 0.296 e. The Bertz CT molecular complexity index is 824. The maximum absolute atomic E-state index is 12.2. The fraction of sp³-hybridized carbons (Fsp3) is 0.294. The van der Waals surface area contributed by atoms with Crippen LogP contribution in [0.1, 0.15) is 11.3 Å². The largest absolute Gasteiger partial charge is 0.330 e. The SMILES string of the molecule is Cn1c(/C(=C/[Si](C)(C)C)c2ccccc2)cc(=O)n(C)c1=O. The van der Waals surface area contributed by atoms with Crippen LogP contribution in [-0.4, -0.2) is 17.2 Å². The van der Waals surface area contributed by atoms with Crippen LogP contribution in [0.25, 0.3) is 5.57 Å². The first-order valence-corrected chi connectivity index (χ1v) is 10.8. The fourth-order valence-electron chi connectivity index (χ4n) is 2.35. The van der Waals surface area contributed by atoms with E-state index in [-0.39, 0.29) is 11.2 Å². The second-order valence-electron chi connectivity index (χ2n) is 6.56. The zero-order chi connectivity index (χ0) is 16.5. The lowest BCUT2D eigenvalue weighted by molar-refractivity contribution is 0.678. The molecule has 0 fully saturated rings. The van der Waals surface area contributed by atoms with Crippen molar-refractivity contribution in [2.75, 3.05) is 0 Å². The molecule has 0 unspecified atom stereocenters. The lowest BCUT2D eigenvalue weighted by atomic mass is 10.0. The molecule has 0 bridgehead atoms. The molecule has 1 aromatic carbocycles. The number of rotatable bonds is 3. The Hall–Kier alpha value is -2.14. The molecule has 1 heterocycles. The van der Waals surface area contributed by atoms with E-state index >= 15 is 0 Å². The maximum atomic E-state index is 12.2. The van der Waals surface area contributed by atoms with E-state index < -0.39 is 8.07 Å². The zero-order valence-corrected chi connectivity index (χ0v) is 14.8. The third-order valence-corrected chi connectivity index (χ3v) is 4.62. The van der Waals surface area contributed by atoms with Crippen molar-refractivity contribution in [3.8, 4) is 0 Å². The summed E-state index contributed by atoms with van der Waals surface area (Å²) in [6, 6.07) is 11.4. The van der Waals surface area contributed by atoms with Crippen molar-refractivity contribution in [3.05, 3.63) is 74.2 Å². The van der Waals surface area contributed by atoms with Gasteiger partial charge in [-0.3, -0.25) is 13.9 Å². The van der Waals surface area contributed by atoms with Gasteiger partial charge in [-0.25, -0.2) is 4.79 Å². The molecule has 0 amide bonds. The molecule has 0 aliphatic carbocycles. The number of aromatic nitrogens is 2. The summed E-state index contributed by atoms with van der Waals surface area (Å²) in [4.78, 5) is 24.3. The summed E-state index contributed by atoms with van der Waals surface area (Å²) in [6.45, 7) is 6.69. The molecule has 0 atom stereocenters. The van der Waals surface area contributed by atoms with Gasteiger partial charge in [0.15, 0.2) is 0 Å². The summed E-state index contributed by atoms with van der Waals surface area (Å²) in [5.41, 5.74) is 4.29. The van der Waals surface area contributed by atoms with Crippen LogP contribution in [0.4, 0.5) is 0 Å². The molecular weight excluding hydrogens is 292 g/mol. The van der Waals surface area contributed by atoms with Crippen molar-refractivity contribution in [3.63, 3.8) is 0 Å². The van der Waals surface area contributed by atoms with Crippen molar-refractivity contribution in [1.82, 2.24) is 9.13 Å². The van der Waals surface area contributed by atoms with E-state index in [1.54, 1.807) is 17.7 Å². The lowest BCUT2D eigenvalue weighted by Crippen LogP contribution is -2.38. The predicted molar refractivity (Wildman–Crippen MR) is 93.8 cm³/mol. The molecule has 0 saturated heterocycles. The lowest BCUT2D eigenvalue weighted by Gasteiger charge is -2.18. The first kappa shape index (κ1) is 16.2. The summed E-state index contributed by atoms with van der Waals surface area (Å²) >= 11 is 0. The Labute approximate surface area is 131 Å². The van der Waals surface area contributed by atoms with Crippen molar-refractivity contribution in [2.24, 2.45) is 14.1 Å². The van der Waals surface area contributed by atoms with Gasteiger partial charge in [0.2, 0.25) is 0 Å². The van der Waals surface area contributed by atoms with Gasteiger partial charge in [-0.15, -0.1) is 0 Å². The van der Waals surface area contributed by atoms with E-state index in [1.165, 1.54) is 7.05 Å². The van der Waals surface area contributed by atoms with Gasteiger partial charge in [0.1, 0.15) is 0 Å². The zero-order valence-electron chi connectivity index (χ0n) is 13.8.